The van der Waals surface area contributed by atoms with Crippen LogP contribution in [0.4, 0.5) is 0 Å². The Morgan fingerprint density at radius 1 is 0.969 bits per heavy atom. The van der Waals surface area contributed by atoms with Crippen LogP contribution < -0.4 is 5.43 Å². The van der Waals surface area contributed by atoms with Crippen molar-refractivity contribution in [1.29, 1.82) is 0 Å². The second kappa shape index (κ2) is 10.4. The fourth-order valence-corrected chi connectivity index (χ4v) is 3.82. The number of para-hydroxylation sites is 2. The van der Waals surface area contributed by atoms with Crippen molar-refractivity contribution in [1.82, 2.24) is 20.2 Å². The van der Waals surface area contributed by atoms with E-state index in [0.717, 1.165) is 17.1 Å². The van der Waals surface area contributed by atoms with Gasteiger partial charge in [0, 0.05) is 17.7 Å². The molecule has 3 aromatic carbocycles. The summed E-state index contributed by atoms with van der Waals surface area (Å²) in [4.78, 5) is 12.3. The van der Waals surface area contributed by atoms with Gasteiger partial charge in [-0.1, -0.05) is 72.4 Å². The Morgan fingerprint density at radius 3 is 2.41 bits per heavy atom. The SMILES string of the molecule is O=C(CSc1nnc(Cc2ccccc2)n1-c1ccccc1)N/N=C\c1ccccc1O. The van der Waals surface area contributed by atoms with Crippen LogP contribution in [-0.2, 0) is 11.2 Å². The van der Waals surface area contributed by atoms with E-state index in [9.17, 15) is 9.90 Å². The number of amides is 1. The Morgan fingerprint density at radius 2 is 1.66 bits per heavy atom. The third kappa shape index (κ3) is 5.41. The van der Waals surface area contributed by atoms with Gasteiger partial charge >= 0.3 is 0 Å². The molecule has 2 N–H and O–H groups in total. The van der Waals surface area contributed by atoms with Crippen LogP contribution in [0.25, 0.3) is 5.69 Å². The number of aromatic hydroxyl groups is 1. The second-order valence-electron chi connectivity index (χ2n) is 6.87. The van der Waals surface area contributed by atoms with Crippen molar-refractivity contribution >= 4 is 23.9 Å². The monoisotopic (exact) mass is 443 g/mol. The maximum Gasteiger partial charge on any atom is 0.250 e. The number of hydrogen-bond donors (Lipinski definition) is 2. The third-order valence-electron chi connectivity index (χ3n) is 4.58. The number of aromatic nitrogens is 3. The molecule has 0 atom stereocenters. The van der Waals surface area contributed by atoms with Crippen molar-refractivity contribution in [2.45, 2.75) is 11.6 Å². The molecule has 8 heteroatoms. The van der Waals surface area contributed by atoms with Crippen molar-refractivity contribution in [2.75, 3.05) is 5.75 Å². The van der Waals surface area contributed by atoms with Gasteiger partial charge < -0.3 is 5.11 Å². The average molecular weight is 444 g/mol. The molecular weight excluding hydrogens is 422 g/mol. The molecule has 1 amide bonds. The molecule has 0 saturated carbocycles. The molecule has 0 aliphatic carbocycles. The number of benzene rings is 3. The van der Waals surface area contributed by atoms with E-state index in [1.165, 1.54) is 18.0 Å². The normalized spacial score (nSPS) is 11.0. The molecule has 0 aliphatic heterocycles. The Bertz CT molecular complexity index is 1210. The molecule has 1 heterocycles. The third-order valence-corrected chi connectivity index (χ3v) is 5.51. The summed E-state index contributed by atoms with van der Waals surface area (Å²) in [5, 5.41) is 23.0. The number of phenolic OH excluding ortho intramolecular Hbond substituents is 1. The molecule has 0 radical (unpaired) electrons. The lowest BCUT2D eigenvalue weighted by atomic mass is 10.1. The van der Waals surface area contributed by atoms with Crippen LogP contribution in [0.2, 0.25) is 0 Å². The summed E-state index contributed by atoms with van der Waals surface area (Å²) in [7, 11) is 0. The summed E-state index contributed by atoms with van der Waals surface area (Å²) in [5.41, 5.74) is 5.06. The molecule has 4 aromatic rings. The zero-order valence-electron chi connectivity index (χ0n) is 17.1. The predicted octanol–water partition coefficient (Wildman–Crippen LogP) is 3.81. The van der Waals surface area contributed by atoms with E-state index in [4.69, 9.17) is 0 Å². The van der Waals surface area contributed by atoms with Gasteiger partial charge in [0.15, 0.2) is 5.16 Å². The Balaban J connectivity index is 1.46. The van der Waals surface area contributed by atoms with E-state index in [1.54, 1.807) is 24.3 Å². The van der Waals surface area contributed by atoms with Crippen LogP contribution in [0, 0.1) is 0 Å². The largest absolute Gasteiger partial charge is 0.507 e. The maximum atomic E-state index is 12.3. The van der Waals surface area contributed by atoms with Crippen LogP contribution >= 0.6 is 11.8 Å². The van der Waals surface area contributed by atoms with Crippen LogP contribution in [0.15, 0.2) is 95.2 Å². The van der Waals surface area contributed by atoms with Gasteiger partial charge in [-0.25, -0.2) is 5.43 Å². The number of nitrogens with zero attached hydrogens (tertiary/aromatic N) is 4. The molecule has 0 unspecified atom stereocenters. The van der Waals surface area contributed by atoms with Crippen LogP contribution in [-0.4, -0.2) is 37.7 Å². The van der Waals surface area contributed by atoms with Crippen molar-refractivity contribution in [2.24, 2.45) is 5.10 Å². The summed E-state index contributed by atoms with van der Waals surface area (Å²) >= 11 is 1.28. The lowest BCUT2D eigenvalue weighted by Gasteiger charge is -2.10. The van der Waals surface area contributed by atoms with Crippen molar-refractivity contribution in [3.63, 3.8) is 0 Å². The minimum absolute atomic E-state index is 0.0989. The number of hydrogen-bond acceptors (Lipinski definition) is 6. The zero-order chi connectivity index (χ0) is 22.2. The lowest BCUT2D eigenvalue weighted by Crippen LogP contribution is -2.20. The summed E-state index contributed by atoms with van der Waals surface area (Å²) in [6, 6.07) is 26.7. The first kappa shape index (κ1) is 21.3. The van der Waals surface area contributed by atoms with Crippen molar-refractivity contribution in [3.05, 3.63) is 102 Å². The van der Waals surface area contributed by atoms with E-state index in [-0.39, 0.29) is 17.4 Å². The minimum Gasteiger partial charge on any atom is -0.507 e. The maximum absolute atomic E-state index is 12.3. The van der Waals surface area contributed by atoms with Crippen molar-refractivity contribution < 1.29 is 9.90 Å². The summed E-state index contributed by atoms with van der Waals surface area (Å²) in [5.74, 6) is 0.729. The standard InChI is InChI=1S/C24H21N5O2S/c30-21-14-8-7-11-19(21)16-25-27-23(31)17-32-24-28-26-22(15-18-9-3-1-4-10-18)29(24)20-12-5-2-6-13-20/h1-14,16,30H,15,17H2,(H,27,31)/b25-16-. The van der Waals surface area contributed by atoms with E-state index in [2.05, 4.69) is 20.7 Å². The van der Waals surface area contributed by atoms with Crippen LogP contribution in [0.3, 0.4) is 0 Å². The number of rotatable bonds is 8. The smallest absolute Gasteiger partial charge is 0.250 e. The van der Waals surface area contributed by atoms with E-state index >= 15 is 0 Å². The molecule has 4 rings (SSSR count). The molecule has 1 aromatic heterocycles. The van der Waals surface area contributed by atoms with Crippen molar-refractivity contribution in [3.8, 4) is 11.4 Å². The number of carbonyl (C=O) groups excluding carboxylic acids is 1. The predicted molar refractivity (Wildman–Crippen MR) is 125 cm³/mol. The highest BCUT2D eigenvalue weighted by Gasteiger charge is 2.16. The number of thioether (sulfide) groups is 1. The van der Waals surface area contributed by atoms with E-state index < -0.39 is 0 Å². The Kier molecular flexibility index (Phi) is 6.94. The first-order valence-electron chi connectivity index (χ1n) is 9.97. The van der Waals surface area contributed by atoms with Gasteiger partial charge in [-0.15, -0.1) is 10.2 Å². The topological polar surface area (TPSA) is 92.4 Å². The van der Waals surface area contributed by atoms with Gasteiger partial charge in [0.2, 0.25) is 0 Å². The molecule has 7 nitrogen and oxygen atoms in total. The number of hydrazone groups is 1. The Hall–Kier alpha value is -3.91. The number of carbonyl (C=O) groups is 1. The highest BCUT2D eigenvalue weighted by Crippen LogP contribution is 2.23. The molecule has 0 bridgehead atoms. The summed E-state index contributed by atoms with van der Waals surface area (Å²) in [6.07, 6.45) is 2.03. The van der Waals surface area contributed by atoms with Gasteiger partial charge in [-0.05, 0) is 29.8 Å². The summed E-state index contributed by atoms with van der Waals surface area (Å²) < 4.78 is 1.97. The highest BCUT2D eigenvalue weighted by atomic mass is 32.2. The van der Waals surface area contributed by atoms with E-state index in [1.807, 2.05) is 65.2 Å². The highest BCUT2D eigenvalue weighted by molar-refractivity contribution is 7.99. The Labute approximate surface area is 189 Å². The van der Waals surface area contributed by atoms with Gasteiger partial charge in [-0.3, -0.25) is 9.36 Å². The molecule has 160 valence electrons. The molecule has 0 aliphatic rings. The first-order chi connectivity index (χ1) is 15.7. The minimum atomic E-state index is -0.283. The molecule has 0 spiro atoms. The fraction of sp³-hybridized carbons (Fsp3) is 0.0833. The lowest BCUT2D eigenvalue weighted by molar-refractivity contribution is -0.118. The van der Waals surface area contributed by atoms with Gasteiger partial charge in [-0.2, -0.15) is 5.10 Å². The van der Waals surface area contributed by atoms with Gasteiger partial charge in [0.05, 0.1) is 12.0 Å². The quantitative estimate of drug-likeness (QED) is 0.245. The summed E-state index contributed by atoms with van der Waals surface area (Å²) in [6.45, 7) is 0. The van der Waals surface area contributed by atoms with E-state index in [0.29, 0.717) is 17.1 Å². The van der Waals surface area contributed by atoms with Crippen LogP contribution in [0.1, 0.15) is 17.0 Å². The fourth-order valence-electron chi connectivity index (χ4n) is 3.06. The molecular formula is C24H21N5O2S. The van der Waals surface area contributed by atoms with Crippen LogP contribution in [0.5, 0.6) is 5.75 Å². The molecule has 0 fully saturated rings. The van der Waals surface area contributed by atoms with Gasteiger partial charge in [0.25, 0.3) is 5.91 Å². The zero-order valence-corrected chi connectivity index (χ0v) is 17.9. The average Bonchev–Trinajstić information content (AvgIpc) is 3.22. The van der Waals surface area contributed by atoms with Gasteiger partial charge in [0.1, 0.15) is 11.6 Å². The molecule has 32 heavy (non-hydrogen) atoms. The molecule has 0 saturated heterocycles. The number of nitrogens with one attached hydrogen (secondary N) is 1. The first-order valence-corrected chi connectivity index (χ1v) is 11.0. The number of phenols is 1. The second-order valence-corrected chi connectivity index (χ2v) is 7.82.